The van der Waals surface area contributed by atoms with Crippen LogP contribution in [0.25, 0.3) is 6.08 Å². The Labute approximate surface area is 165 Å². The number of amides is 1. The number of aromatic hydroxyl groups is 1. The lowest BCUT2D eigenvalue weighted by Crippen LogP contribution is -2.30. The number of thiocarbonyl (C=S) groups is 1. The second-order valence-corrected chi connectivity index (χ2v) is 6.90. The van der Waals surface area contributed by atoms with Gasteiger partial charge in [0.1, 0.15) is 5.70 Å². The highest BCUT2D eigenvalue weighted by molar-refractivity contribution is 9.10. The molecule has 5 nitrogen and oxygen atoms in total. The summed E-state index contributed by atoms with van der Waals surface area (Å²) in [6, 6.07) is 12.6. The SMILES string of the molecule is CCOc1cc(Br)cc(C=C2C(=O)N(c3ccccc3)C(=S)N2C)c1O. The summed E-state index contributed by atoms with van der Waals surface area (Å²) in [5.74, 6) is 0.0816. The van der Waals surface area contributed by atoms with Crippen molar-refractivity contribution in [3.8, 4) is 11.5 Å². The normalized spacial score (nSPS) is 15.9. The predicted octanol–water partition coefficient (Wildman–Crippen LogP) is 4.16. The van der Waals surface area contributed by atoms with Crippen molar-refractivity contribution >= 4 is 50.9 Å². The lowest BCUT2D eigenvalue weighted by Gasteiger charge is -2.16. The zero-order valence-electron chi connectivity index (χ0n) is 14.3. The van der Waals surface area contributed by atoms with Gasteiger partial charge in [0.15, 0.2) is 16.6 Å². The van der Waals surface area contributed by atoms with E-state index in [-0.39, 0.29) is 11.7 Å². The van der Waals surface area contributed by atoms with Crippen LogP contribution in [-0.4, -0.2) is 34.7 Å². The minimum Gasteiger partial charge on any atom is -0.504 e. The smallest absolute Gasteiger partial charge is 0.281 e. The highest BCUT2D eigenvalue weighted by atomic mass is 79.9. The van der Waals surface area contributed by atoms with Gasteiger partial charge in [-0.1, -0.05) is 34.1 Å². The number of hydrogen-bond acceptors (Lipinski definition) is 4. The molecule has 1 amide bonds. The van der Waals surface area contributed by atoms with Crippen LogP contribution in [0.15, 0.2) is 52.6 Å². The van der Waals surface area contributed by atoms with Gasteiger partial charge in [-0.25, -0.2) is 0 Å². The molecule has 2 aromatic rings. The summed E-state index contributed by atoms with van der Waals surface area (Å²) in [7, 11) is 1.73. The van der Waals surface area contributed by atoms with E-state index in [2.05, 4.69) is 15.9 Å². The molecule has 0 aromatic heterocycles. The van der Waals surface area contributed by atoms with Crippen molar-refractivity contribution in [2.45, 2.75) is 6.92 Å². The van der Waals surface area contributed by atoms with Crippen LogP contribution < -0.4 is 9.64 Å². The van der Waals surface area contributed by atoms with Crippen molar-refractivity contribution in [1.29, 1.82) is 0 Å². The van der Waals surface area contributed by atoms with Crippen molar-refractivity contribution in [3.63, 3.8) is 0 Å². The number of ether oxygens (including phenoxy) is 1. The van der Waals surface area contributed by atoms with Crippen molar-refractivity contribution in [2.75, 3.05) is 18.6 Å². The molecule has 26 heavy (non-hydrogen) atoms. The van der Waals surface area contributed by atoms with Gasteiger partial charge in [-0.3, -0.25) is 9.69 Å². The number of likely N-dealkylation sites (N-methyl/N-ethyl adjacent to an activating group) is 1. The molecule has 7 heteroatoms. The molecule has 2 aromatic carbocycles. The second kappa shape index (κ2) is 7.47. The topological polar surface area (TPSA) is 53.0 Å². The Hall–Kier alpha value is -2.38. The summed E-state index contributed by atoms with van der Waals surface area (Å²) in [6.07, 6.45) is 1.61. The second-order valence-electron chi connectivity index (χ2n) is 5.62. The fourth-order valence-corrected chi connectivity index (χ4v) is 3.42. The number of para-hydroxylation sites is 1. The third-order valence-electron chi connectivity index (χ3n) is 3.94. The number of hydrogen-bond donors (Lipinski definition) is 1. The number of phenolic OH excluding ortho intramolecular Hbond substituents is 1. The lowest BCUT2D eigenvalue weighted by atomic mass is 10.1. The largest absolute Gasteiger partial charge is 0.504 e. The van der Waals surface area contributed by atoms with Gasteiger partial charge in [0.25, 0.3) is 5.91 Å². The Morgan fingerprint density at radius 2 is 1.96 bits per heavy atom. The van der Waals surface area contributed by atoms with E-state index in [1.807, 2.05) is 37.3 Å². The summed E-state index contributed by atoms with van der Waals surface area (Å²) in [4.78, 5) is 16.0. The maximum absolute atomic E-state index is 12.9. The van der Waals surface area contributed by atoms with E-state index >= 15 is 0 Å². The van der Waals surface area contributed by atoms with E-state index in [4.69, 9.17) is 17.0 Å². The number of anilines is 1. The third-order valence-corrected chi connectivity index (χ3v) is 4.85. The Balaban J connectivity index is 2.04. The van der Waals surface area contributed by atoms with Crippen molar-refractivity contribution in [1.82, 2.24) is 4.90 Å². The van der Waals surface area contributed by atoms with E-state index in [0.29, 0.717) is 34.4 Å². The first kappa shape index (κ1) is 18.4. The molecule has 0 aliphatic carbocycles. The van der Waals surface area contributed by atoms with Crippen LogP contribution in [0.3, 0.4) is 0 Å². The zero-order chi connectivity index (χ0) is 18.8. The van der Waals surface area contributed by atoms with Crippen LogP contribution in [0.4, 0.5) is 5.69 Å². The number of carbonyl (C=O) groups excluding carboxylic acids is 1. The summed E-state index contributed by atoms with van der Waals surface area (Å²) in [6.45, 7) is 2.26. The molecule has 0 unspecified atom stereocenters. The van der Waals surface area contributed by atoms with Crippen LogP contribution in [0.2, 0.25) is 0 Å². The quantitative estimate of drug-likeness (QED) is 0.580. The van der Waals surface area contributed by atoms with Crippen LogP contribution in [-0.2, 0) is 4.79 Å². The molecule has 1 saturated heterocycles. The average molecular weight is 433 g/mol. The molecule has 1 fully saturated rings. The number of carbonyl (C=O) groups is 1. The van der Waals surface area contributed by atoms with E-state index in [9.17, 15) is 9.90 Å². The first-order valence-electron chi connectivity index (χ1n) is 7.98. The van der Waals surface area contributed by atoms with Gasteiger partial charge in [0.2, 0.25) is 0 Å². The lowest BCUT2D eigenvalue weighted by molar-refractivity contribution is -0.114. The molecule has 1 aliphatic rings. The number of benzene rings is 2. The minimum atomic E-state index is -0.249. The number of phenols is 1. The molecule has 0 bridgehead atoms. The Kier molecular flexibility index (Phi) is 5.29. The van der Waals surface area contributed by atoms with Gasteiger partial charge in [-0.2, -0.15) is 0 Å². The highest BCUT2D eigenvalue weighted by Gasteiger charge is 2.36. The summed E-state index contributed by atoms with van der Waals surface area (Å²) >= 11 is 8.84. The van der Waals surface area contributed by atoms with Crippen LogP contribution in [0, 0.1) is 0 Å². The van der Waals surface area contributed by atoms with E-state index in [1.54, 1.807) is 30.2 Å². The fourth-order valence-electron chi connectivity index (χ4n) is 2.68. The molecule has 0 spiro atoms. The Morgan fingerprint density at radius 3 is 2.62 bits per heavy atom. The summed E-state index contributed by atoms with van der Waals surface area (Å²) in [5, 5.41) is 10.8. The number of nitrogens with zero attached hydrogens (tertiary/aromatic N) is 2. The molecule has 1 heterocycles. The van der Waals surface area contributed by atoms with Crippen molar-refractivity contribution in [2.24, 2.45) is 0 Å². The monoisotopic (exact) mass is 432 g/mol. The first-order valence-corrected chi connectivity index (χ1v) is 9.18. The Bertz CT molecular complexity index is 899. The first-order chi connectivity index (χ1) is 12.4. The molecule has 0 saturated carbocycles. The molecular weight excluding hydrogens is 416 g/mol. The minimum absolute atomic E-state index is 0.0205. The molecule has 134 valence electrons. The number of halogens is 1. The molecular formula is C19H17BrN2O3S. The molecule has 1 aliphatic heterocycles. The Morgan fingerprint density at radius 1 is 1.27 bits per heavy atom. The zero-order valence-corrected chi connectivity index (χ0v) is 16.7. The van der Waals surface area contributed by atoms with Crippen LogP contribution >= 0.6 is 28.1 Å². The van der Waals surface area contributed by atoms with Crippen LogP contribution in [0.1, 0.15) is 12.5 Å². The van der Waals surface area contributed by atoms with Crippen molar-refractivity contribution in [3.05, 3.63) is 58.2 Å². The van der Waals surface area contributed by atoms with Crippen LogP contribution in [0.5, 0.6) is 11.5 Å². The highest BCUT2D eigenvalue weighted by Crippen LogP contribution is 2.36. The molecule has 0 radical (unpaired) electrons. The fraction of sp³-hybridized carbons (Fsp3) is 0.158. The maximum Gasteiger partial charge on any atom is 0.281 e. The maximum atomic E-state index is 12.9. The van der Waals surface area contributed by atoms with Gasteiger partial charge in [-0.15, -0.1) is 0 Å². The van der Waals surface area contributed by atoms with Gasteiger partial charge in [0, 0.05) is 17.1 Å². The van der Waals surface area contributed by atoms with Gasteiger partial charge in [0.05, 0.1) is 12.3 Å². The standard InChI is InChI=1S/C19H17BrN2O3S/c1-3-25-16-11-13(20)9-12(17(16)23)10-15-18(24)22(19(26)21(15)2)14-7-5-4-6-8-14/h4-11,23H,3H2,1-2H3. The predicted molar refractivity (Wildman–Crippen MR) is 109 cm³/mol. The van der Waals surface area contributed by atoms with Crippen molar-refractivity contribution < 1.29 is 14.6 Å². The molecule has 0 atom stereocenters. The van der Waals surface area contributed by atoms with Gasteiger partial charge < -0.3 is 14.7 Å². The summed E-state index contributed by atoms with van der Waals surface area (Å²) in [5.41, 5.74) is 1.54. The number of rotatable bonds is 4. The third kappa shape index (κ3) is 3.32. The average Bonchev–Trinajstić information content (AvgIpc) is 2.83. The molecule has 3 rings (SSSR count). The van der Waals surface area contributed by atoms with E-state index in [0.717, 1.165) is 4.47 Å². The van der Waals surface area contributed by atoms with Gasteiger partial charge >= 0.3 is 0 Å². The van der Waals surface area contributed by atoms with E-state index < -0.39 is 0 Å². The van der Waals surface area contributed by atoms with Gasteiger partial charge in [-0.05, 0) is 49.5 Å². The summed E-state index contributed by atoms with van der Waals surface area (Å²) < 4.78 is 6.18. The molecule has 1 N–H and O–H groups in total. The van der Waals surface area contributed by atoms with E-state index in [1.165, 1.54) is 4.90 Å².